The SMILES string of the molecule is C[C@@H]1CCCCCCCCc2cc(=O)cc([nH]2)C1. The van der Waals surface area contributed by atoms with Crippen LogP contribution in [0.15, 0.2) is 16.9 Å². The Hall–Kier alpha value is -1.05. The number of nitrogens with one attached hydrogen (secondary N) is 1. The van der Waals surface area contributed by atoms with Crippen molar-refractivity contribution in [3.8, 4) is 0 Å². The summed E-state index contributed by atoms with van der Waals surface area (Å²) in [5, 5.41) is 0. The summed E-state index contributed by atoms with van der Waals surface area (Å²) in [5.74, 6) is 0.677. The molecule has 0 saturated carbocycles. The van der Waals surface area contributed by atoms with E-state index in [2.05, 4.69) is 11.9 Å². The number of rotatable bonds is 0. The molecule has 2 nitrogen and oxygen atoms in total. The maximum absolute atomic E-state index is 11.7. The third-order valence-corrected chi connectivity index (χ3v) is 3.92. The predicted octanol–water partition coefficient (Wildman–Crippen LogP) is 3.84. The Morgan fingerprint density at radius 2 is 1.67 bits per heavy atom. The molecule has 1 aliphatic heterocycles. The van der Waals surface area contributed by atoms with Crippen LogP contribution in [0.25, 0.3) is 0 Å². The highest BCUT2D eigenvalue weighted by Crippen LogP contribution is 2.17. The van der Waals surface area contributed by atoms with Crippen molar-refractivity contribution in [1.29, 1.82) is 0 Å². The molecule has 2 rings (SSSR count). The molecule has 1 atom stereocenters. The highest BCUT2D eigenvalue weighted by molar-refractivity contribution is 5.12. The lowest BCUT2D eigenvalue weighted by atomic mass is 9.97. The molecule has 0 aromatic carbocycles. The van der Waals surface area contributed by atoms with Crippen LogP contribution in [0.5, 0.6) is 0 Å². The number of pyridine rings is 1. The summed E-state index contributed by atoms with van der Waals surface area (Å²) in [6, 6.07) is 3.55. The van der Waals surface area contributed by atoms with Crippen molar-refractivity contribution in [2.75, 3.05) is 0 Å². The maximum atomic E-state index is 11.7. The average Bonchev–Trinajstić information content (AvgIpc) is 2.32. The monoisotopic (exact) mass is 247 g/mol. The molecule has 1 aliphatic rings. The van der Waals surface area contributed by atoms with E-state index in [9.17, 15) is 4.79 Å². The van der Waals surface area contributed by atoms with Gasteiger partial charge in [0.25, 0.3) is 0 Å². The molecule has 2 heterocycles. The fraction of sp³-hybridized carbons (Fsp3) is 0.688. The zero-order chi connectivity index (χ0) is 12.8. The van der Waals surface area contributed by atoms with Gasteiger partial charge < -0.3 is 4.98 Å². The van der Waals surface area contributed by atoms with Crippen molar-refractivity contribution in [3.63, 3.8) is 0 Å². The molecule has 18 heavy (non-hydrogen) atoms. The third-order valence-electron chi connectivity index (χ3n) is 3.92. The van der Waals surface area contributed by atoms with Gasteiger partial charge in [-0.3, -0.25) is 4.79 Å². The Bertz CT molecular complexity index is 421. The Balaban J connectivity index is 2.12. The van der Waals surface area contributed by atoms with E-state index in [-0.39, 0.29) is 5.43 Å². The zero-order valence-corrected chi connectivity index (χ0v) is 11.5. The van der Waals surface area contributed by atoms with Crippen molar-refractivity contribution >= 4 is 0 Å². The van der Waals surface area contributed by atoms with Crippen molar-refractivity contribution < 1.29 is 0 Å². The second-order valence-corrected chi connectivity index (χ2v) is 5.84. The fourth-order valence-corrected chi connectivity index (χ4v) is 2.90. The van der Waals surface area contributed by atoms with E-state index < -0.39 is 0 Å². The van der Waals surface area contributed by atoms with Crippen molar-refractivity contribution in [2.24, 2.45) is 5.92 Å². The quantitative estimate of drug-likeness (QED) is 0.742. The Kier molecular flexibility index (Phi) is 5.03. The van der Waals surface area contributed by atoms with E-state index in [1.165, 1.54) is 44.9 Å². The smallest absolute Gasteiger partial charge is 0.182 e. The molecule has 0 spiro atoms. The molecule has 2 heteroatoms. The molecule has 0 amide bonds. The van der Waals surface area contributed by atoms with Crippen molar-refractivity contribution in [3.05, 3.63) is 33.7 Å². The van der Waals surface area contributed by atoms with E-state index in [4.69, 9.17) is 0 Å². The second kappa shape index (κ2) is 6.77. The summed E-state index contributed by atoms with van der Waals surface area (Å²) in [5.41, 5.74) is 2.43. The molecule has 0 radical (unpaired) electrons. The van der Waals surface area contributed by atoms with E-state index in [1.807, 2.05) is 0 Å². The first-order chi connectivity index (χ1) is 8.74. The largest absolute Gasteiger partial charge is 0.362 e. The van der Waals surface area contributed by atoms with Crippen LogP contribution in [0.1, 0.15) is 63.3 Å². The fourth-order valence-electron chi connectivity index (χ4n) is 2.90. The summed E-state index contributed by atoms with van der Waals surface area (Å²) in [6.45, 7) is 2.30. The Morgan fingerprint density at radius 3 is 2.50 bits per heavy atom. The first-order valence-corrected chi connectivity index (χ1v) is 7.46. The van der Waals surface area contributed by atoms with Crippen LogP contribution in [0.3, 0.4) is 0 Å². The molecule has 0 aliphatic carbocycles. The number of fused-ring (bicyclic) bond motifs is 2. The summed E-state index contributed by atoms with van der Waals surface area (Å²) in [6.07, 6.45) is 11.3. The van der Waals surface area contributed by atoms with Crippen molar-refractivity contribution in [1.82, 2.24) is 4.98 Å². The van der Waals surface area contributed by atoms with E-state index >= 15 is 0 Å². The van der Waals surface area contributed by atoms with Crippen LogP contribution in [-0.2, 0) is 12.8 Å². The van der Waals surface area contributed by atoms with Gasteiger partial charge in [-0.1, -0.05) is 45.4 Å². The summed E-state index contributed by atoms with van der Waals surface area (Å²) in [4.78, 5) is 15.1. The molecule has 1 aromatic rings. The standard InChI is InChI=1S/C16H25NO/c1-13-8-6-4-2-3-5-7-9-14-11-16(18)12-15(10-13)17-14/h11-13H,2-10H2,1H3,(H,17,18)/t13-/m1/s1. The van der Waals surface area contributed by atoms with Gasteiger partial charge >= 0.3 is 0 Å². The van der Waals surface area contributed by atoms with Gasteiger partial charge in [0.15, 0.2) is 5.43 Å². The number of aryl methyl sites for hydroxylation is 1. The van der Waals surface area contributed by atoms with Gasteiger partial charge in [0.2, 0.25) is 0 Å². The van der Waals surface area contributed by atoms with Gasteiger partial charge in [-0.05, 0) is 25.2 Å². The maximum Gasteiger partial charge on any atom is 0.182 e. The van der Waals surface area contributed by atoms with E-state index in [1.54, 1.807) is 12.1 Å². The van der Waals surface area contributed by atoms with E-state index in [0.717, 1.165) is 24.2 Å². The zero-order valence-electron chi connectivity index (χ0n) is 11.5. The second-order valence-electron chi connectivity index (χ2n) is 5.84. The van der Waals surface area contributed by atoms with Crippen LogP contribution in [0.2, 0.25) is 0 Å². The van der Waals surface area contributed by atoms with Crippen LogP contribution in [0.4, 0.5) is 0 Å². The summed E-state index contributed by atoms with van der Waals surface area (Å²) in [7, 11) is 0. The molecule has 100 valence electrons. The average molecular weight is 247 g/mol. The lowest BCUT2D eigenvalue weighted by molar-refractivity contribution is 0.478. The topological polar surface area (TPSA) is 32.9 Å². The molecule has 1 N–H and O–H groups in total. The lowest BCUT2D eigenvalue weighted by Crippen LogP contribution is -2.10. The van der Waals surface area contributed by atoms with Crippen LogP contribution in [-0.4, -0.2) is 4.98 Å². The highest BCUT2D eigenvalue weighted by atomic mass is 16.1. The number of H-pyrrole nitrogens is 1. The highest BCUT2D eigenvalue weighted by Gasteiger charge is 2.07. The van der Waals surface area contributed by atoms with E-state index in [0.29, 0.717) is 5.92 Å². The van der Waals surface area contributed by atoms with Gasteiger partial charge in [0.1, 0.15) is 0 Å². The van der Waals surface area contributed by atoms with Crippen LogP contribution < -0.4 is 5.43 Å². The number of hydrogen-bond donors (Lipinski definition) is 1. The van der Waals surface area contributed by atoms with Gasteiger partial charge in [-0.25, -0.2) is 0 Å². The molecule has 2 bridgehead atoms. The summed E-state index contributed by atoms with van der Waals surface area (Å²) >= 11 is 0. The molecule has 0 saturated heterocycles. The summed E-state index contributed by atoms with van der Waals surface area (Å²) < 4.78 is 0. The number of aromatic nitrogens is 1. The number of aromatic amines is 1. The lowest BCUT2D eigenvalue weighted by Gasteiger charge is -2.11. The minimum absolute atomic E-state index is 0.167. The number of hydrogen-bond acceptors (Lipinski definition) is 1. The normalized spacial score (nSPS) is 22.6. The van der Waals surface area contributed by atoms with Crippen LogP contribution >= 0.6 is 0 Å². The predicted molar refractivity (Wildman–Crippen MR) is 76.0 cm³/mol. The Labute approximate surface area is 110 Å². The minimum Gasteiger partial charge on any atom is -0.362 e. The molecular weight excluding hydrogens is 222 g/mol. The van der Waals surface area contributed by atoms with Gasteiger partial charge in [0, 0.05) is 23.5 Å². The molecular formula is C16H25NO. The molecule has 0 fully saturated rings. The molecule has 1 aromatic heterocycles. The first-order valence-electron chi connectivity index (χ1n) is 7.46. The molecule has 0 unspecified atom stereocenters. The first kappa shape index (κ1) is 13.4. The van der Waals surface area contributed by atoms with Crippen molar-refractivity contribution in [2.45, 2.75) is 64.7 Å². The Morgan fingerprint density at radius 1 is 1.00 bits per heavy atom. The third kappa shape index (κ3) is 4.32. The van der Waals surface area contributed by atoms with Gasteiger partial charge in [-0.2, -0.15) is 0 Å². The van der Waals surface area contributed by atoms with Gasteiger partial charge in [-0.15, -0.1) is 0 Å². The minimum atomic E-state index is 0.167. The van der Waals surface area contributed by atoms with Crippen LogP contribution in [0, 0.1) is 5.92 Å². The van der Waals surface area contributed by atoms with Gasteiger partial charge in [0.05, 0.1) is 0 Å².